The summed E-state index contributed by atoms with van der Waals surface area (Å²) in [6.07, 6.45) is 2.10. The second-order valence-corrected chi connectivity index (χ2v) is 6.02. The van der Waals surface area contributed by atoms with Crippen molar-refractivity contribution < 1.29 is 14.3 Å². The third-order valence-corrected chi connectivity index (χ3v) is 4.36. The van der Waals surface area contributed by atoms with Gasteiger partial charge in [0.2, 0.25) is 11.3 Å². The lowest BCUT2D eigenvalue weighted by molar-refractivity contribution is -0.134. The fourth-order valence-corrected chi connectivity index (χ4v) is 2.77. The van der Waals surface area contributed by atoms with Gasteiger partial charge in [-0.15, -0.1) is 0 Å². The van der Waals surface area contributed by atoms with Crippen LogP contribution in [0.15, 0.2) is 21.5 Å². The Balaban J connectivity index is 1.52. The van der Waals surface area contributed by atoms with E-state index < -0.39 is 5.43 Å². The van der Waals surface area contributed by atoms with E-state index >= 15 is 0 Å². The van der Waals surface area contributed by atoms with Crippen LogP contribution in [-0.4, -0.2) is 47.0 Å². The topological polar surface area (TPSA) is 74.0 Å². The SMILES string of the molecule is C[C@@H]1C[C@@H]1C(=O)N1CCN(Cc2cc(=O)c(O)co2)CC1. The summed E-state index contributed by atoms with van der Waals surface area (Å²) in [5.41, 5.74) is -0.423. The molecular formula is C15H20N2O4. The van der Waals surface area contributed by atoms with Gasteiger partial charge in [0.15, 0.2) is 5.75 Å². The fraction of sp³-hybridized carbons (Fsp3) is 0.600. The van der Waals surface area contributed by atoms with E-state index in [1.165, 1.54) is 6.07 Å². The van der Waals surface area contributed by atoms with Crippen LogP contribution in [0.3, 0.4) is 0 Å². The molecule has 2 heterocycles. The predicted molar refractivity (Wildman–Crippen MR) is 75.8 cm³/mol. The highest BCUT2D eigenvalue weighted by Crippen LogP contribution is 2.39. The molecular weight excluding hydrogens is 272 g/mol. The molecule has 21 heavy (non-hydrogen) atoms. The monoisotopic (exact) mass is 292 g/mol. The first-order chi connectivity index (χ1) is 10.0. The molecule has 0 aromatic carbocycles. The number of carbonyl (C=O) groups is 1. The number of rotatable bonds is 3. The van der Waals surface area contributed by atoms with Gasteiger partial charge in [-0.2, -0.15) is 0 Å². The lowest BCUT2D eigenvalue weighted by Gasteiger charge is -2.34. The summed E-state index contributed by atoms with van der Waals surface area (Å²) < 4.78 is 5.21. The number of amides is 1. The van der Waals surface area contributed by atoms with E-state index in [0.717, 1.165) is 38.9 Å². The molecule has 3 rings (SSSR count). The summed E-state index contributed by atoms with van der Waals surface area (Å²) in [6.45, 7) is 5.65. The van der Waals surface area contributed by atoms with E-state index in [2.05, 4.69) is 11.8 Å². The molecule has 6 heteroatoms. The molecule has 1 aromatic rings. The van der Waals surface area contributed by atoms with Crippen molar-refractivity contribution in [3.05, 3.63) is 28.3 Å². The van der Waals surface area contributed by atoms with Gasteiger partial charge in [0.1, 0.15) is 12.0 Å². The van der Waals surface area contributed by atoms with Gasteiger partial charge in [-0.1, -0.05) is 6.92 Å². The van der Waals surface area contributed by atoms with Crippen molar-refractivity contribution in [1.29, 1.82) is 0 Å². The van der Waals surface area contributed by atoms with Crippen molar-refractivity contribution in [1.82, 2.24) is 9.80 Å². The standard InChI is InChI=1S/C15H20N2O4/c1-10-6-12(10)15(20)17-4-2-16(3-5-17)8-11-7-13(18)14(19)9-21-11/h7,9-10,12,19H,2-6,8H2,1H3/t10-,12+/m1/s1. The average molecular weight is 292 g/mol. The molecule has 1 saturated heterocycles. The van der Waals surface area contributed by atoms with Gasteiger partial charge in [-0.05, 0) is 12.3 Å². The molecule has 1 saturated carbocycles. The number of carbonyl (C=O) groups excluding carboxylic acids is 1. The first-order valence-corrected chi connectivity index (χ1v) is 7.36. The molecule has 0 radical (unpaired) electrons. The molecule has 114 valence electrons. The quantitative estimate of drug-likeness (QED) is 0.885. The third-order valence-electron chi connectivity index (χ3n) is 4.36. The van der Waals surface area contributed by atoms with Gasteiger partial charge in [-0.3, -0.25) is 14.5 Å². The Kier molecular flexibility index (Phi) is 3.71. The Morgan fingerprint density at radius 3 is 2.62 bits per heavy atom. The molecule has 1 aromatic heterocycles. The van der Waals surface area contributed by atoms with Gasteiger partial charge < -0.3 is 14.4 Å². The predicted octanol–water partition coefficient (Wildman–Crippen LogP) is 0.646. The van der Waals surface area contributed by atoms with E-state index in [9.17, 15) is 9.59 Å². The van der Waals surface area contributed by atoms with Gasteiger partial charge in [0.05, 0.1) is 6.54 Å². The maximum absolute atomic E-state index is 12.1. The Morgan fingerprint density at radius 2 is 2.05 bits per heavy atom. The van der Waals surface area contributed by atoms with Crippen LogP contribution in [0.5, 0.6) is 5.75 Å². The number of piperazine rings is 1. The number of nitrogens with zero attached hydrogens (tertiary/aromatic N) is 2. The zero-order chi connectivity index (χ0) is 15.0. The normalized spacial score (nSPS) is 25.9. The van der Waals surface area contributed by atoms with E-state index in [4.69, 9.17) is 9.52 Å². The summed E-state index contributed by atoms with van der Waals surface area (Å²) in [4.78, 5) is 27.6. The Hall–Kier alpha value is -1.82. The Bertz CT molecular complexity index is 590. The smallest absolute Gasteiger partial charge is 0.226 e. The minimum atomic E-state index is -0.423. The van der Waals surface area contributed by atoms with Gasteiger partial charge in [0.25, 0.3) is 0 Å². The van der Waals surface area contributed by atoms with Crippen LogP contribution in [0.25, 0.3) is 0 Å². The van der Waals surface area contributed by atoms with Crippen molar-refractivity contribution in [2.24, 2.45) is 11.8 Å². The molecule has 2 atom stereocenters. The van der Waals surface area contributed by atoms with Gasteiger partial charge in [-0.25, -0.2) is 0 Å². The largest absolute Gasteiger partial charge is 0.502 e. The second kappa shape index (κ2) is 5.52. The minimum absolute atomic E-state index is 0.242. The number of aromatic hydroxyl groups is 1. The van der Waals surface area contributed by atoms with Crippen molar-refractivity contribution in [3.8, 4) is 5.75 Å². The van der Waals surface area contributed by atoms with Crippen LogP contribution in [0.1, 0.15) is 19.1 Å². The van der Waals surface area contributed by atoms with Crippen molar-refractivity contribution in [3.63, 3.8) is 0 Å². The molecule has 6 nitrogen and oxygen atoms in total. The molecule has 2 fully saturated rings. The van der Waals surface area contributed by atoms with Gasteiger partial charge in [0, 0.05) is 38.2 Å². The lowest BCUT2D eigenvalue weighted by Crippen LogP contribution is -2.48. The Morgan fingerprint density at radius 1 is 1.38 bits per heavy atom. The fourth-order valence-electron chi connectivity index (χ4n) is 2.77. The zero-order valence-electron chi connectivity index (χ0n) is 12.1. The van der Waals surface area contributed by atoms with E-state index in [1.807, 2.05) is 4.90 Å². The van der Waals surface area contributed by atoms with Crippen LogP contribution < -0.4 is 5.43 Å². The maximum atomic E-state index is 12.1. The van der Waals surface area contributed by atoms with E-state index in [1.54, 1.807) is 0 Å². The van der Waals surface area contributed by atoms with Crippen molar-refractivity contribution in [2.45, 2.75) is 19.9 Å². The third kappa shape index (κ3) is 3.10. The highest BCUT2D eigenvalue weighted by Gasteiger charge is 2.41. The summed E-state index contributed by atoms with van der Waals surface area (Å²) in [7, 11) is 0. The van der Waals surface area contributed by atoms with Crippen molar-refractivity contribution >= 4 is 5.91 Å². The second-order valence-electron chi connectivity index (χ2n) is 6.02. The molecule has 1 aliphatic heterocycles. The average Bonchev–Trinajstić information content (AvgIpc) is 3.20. The maximum Gasteiger partial charge on any atom is 0.226 e. The first-order valence-electron chi connectivity index (χ1n) is 7.36. The summed E-state index contributed by atoms with van der Waals surface area (Å²) in [5.74, 6) is 1.24. The lowest BCUT2D eigenvalue weighted by atomic mass is 10.2. The number of hydrogen-bond donors (Lipinski definition) is 1. The summed E-state index contributed by atoms with van der Waals surface area (Å²) >= 11 is 0. The molecule has 1 amide bonds. The van der Waals surface area contributed by atoms with E-state index in [0.29, 0.717) is 24.1 Å². The molecule has 2 aliphatic rings. The molecule has 0 spiro atoms. The van der Waals surface area contributed by atoms with Crippen LogP contribution in [0.4, 0.5) is 0 Å². The van der Waals surface area contributed by atoms with Crippen LogP contribution >= 0.6 is 0 Å². The number of hydrogen-bond acceptors (Lipinski definition) is 5. The van der Waals surface area contributed by atoms with Crippen molar-refractivity contribution in [2.75, 3.05) is 26.2 Å². The molecule has 1 aliphatic carbocycles. The molecule has 0 unspecified atom stereocenters. The highest BCUT2D eigenvalue weighted by molar-refractivity contribution is 5.81. The molecule has 0 bridgehead atoms. The zero-order valence-corrected chi connectivity index (χ0v) is 12.1. The van der Waals surface area contributed by atoms with Crippen LogP contribution in [0, 0.1) is 11.8 Å². The molecule has 1 N–H and O–H groups in total. The highest BCUT2D eigenvalue weighted by atomic mass is 16.4. The van der Waals surface area contributed by atoms with Crippen LogP contribution in [0.2, 0.25) is 0 Å². The first kappa shape index (κ1) is 14.1. The summed E-state index contributed by atoms with van der Waals surface area (Å²) in [6, 6.07) is 1.32. The van der Waals surface area contributed by atoms with Crippen LogP contribution in [-0.2, 0) is 11.3 Å². The Labute approximate surface area is 123 Å². The van der Waals surface area contributed by atoms with Gasteiger partial charge >= 0.3 is 0 Å². The van der Waals surface area contributed by atoms with E-state index in [-0.39, 0.29) is 11.7 Å². The minimum Gasteiger partial charge on any atom is -0.502 e. The summed E-state index contributed by atoms with van der Waals surface area (Å²) in [5, 5.41) is 9.16.